The van der Waals surface area contributed by atoms with Crippen LogP contribution < -0.4 is 9.46 Å². The van der Waals surface area contributed by atoms with Crippen LogP contribution in [0.15, 0.2) is 58.1 Å². The fraction of sp³-hybridized carbons (Fsp3) is 0.167. The summed E-state index contributed by atoms with van der Waals surface area (Å²) in [5.74, 6) is 0.760. The molecule has 0 aliphatic carbocycles. The van der Waals surface area contributed by atoms with Gasteiger partial charge >= 0.3 is 0 Å². The second-order valence-corrected chi connectivity index (χ2v) is 7.32. The summed E-state index contributed by atoms with van der Waals surface area (Å²) in [5.41, 5.74) is 3.13. The SMILES string of the molecule is COc1cc(-c2ccno2)ccc1S(=O)(=O)Nc1ccc(C)cc1C. The number of aromatic nitrogens is 1. The van der Waals surface area contributed by atoms with Crippen LogP contribution in [0.3, 0.4) is 0 Å². The van der Waals surface area contributed by atoms with Gasteiger partial charge in [0.1, 0.15) is 10.6 Å². The highest BCUT2D eigenvalue weighted by atomic mass is 32.2. The highest BCUT2D eigenvalue weighted by molar-refractivity contribution is 7.92. The average molecular weight is 358 g/mol. The van der Waals surface area contributed by atoms with Gasteiger partial charge in [-0.1, -0.05) is 22.9 Å². The summed E-state index contributed by atoms with van der Waals surface area (Å²) in [4.78, 5) is 0.0539. The van der Waals surface area contributed by atoms with E-state index in [4.69, 9.17) is 9.26 Å². The number of hydrogen-bond donors (Lipinski definition) is 1. The first-order chi connectivity index (χ1) is 11.9. The van der Waals surface area contributed by atoms with E-state index in [9.17, 15) is 8.42 Å². The number of aryl methyl sites for hydroxylation is 2. The number of sulfonamides is 1. The number of anilines is 1. The minimum atomic E-state index is -3.80. The van der Waals surface area contributed by atoms with Crippen molar-refractivity contribution >= 4 is 15.7 Å². The molecule has 1 N–H and O–H groups in total. The third-order valence-electron chi connectivity index (χ3n) is 3.80. The Kier molecular flexibility index (Phi) is 4.50. The number of methoxy groups -OCH3 is 1. The lowest BCUT2D eigenvalue weighted by molar-refractivity contribution is 0.402. The lowest BCUT2D eigenvalue weighted by Crippen LogP contribution is -2.15. The molecule has 0 aliphatic rings. The van der Waals surface area contributed by atoms with Crippen molar-refractivity contribution < 1.29 is 17.7 Å². The van der Waals surface area contributed by atoms with Crippen LogP contribution in [0.2, 0.25) is 0 Å². The molecule has 0 unspecified atom stereocenters. The molecule has 3 rings (SSSR count). The second-order valence-electron chi connectivity index (χ2n) is 5.67. The van der Waals surface area contributed by atoms with Crippen LogP contribution in [-0.2, 0) is 10.0 Å². The van der Waals surface area contributed by atoms with Crippen molar-refractivity contribution in [3.05, 3.63) is 59.8 Å². The van der Waals surface area contributed by atoms with E-state index in [2.05, 4.69) is 9.88 Å². The number of ether oxygens (including phenoxy) is 1. The Morgan fingerprint density at radius 1 is 1.08 bits per heavy atom. The topological polar surface area (TPSA) is 81.4 Å². The van der Waals surface area contributed by atoms with E-state index in [1.54, 1.807) is 24.3 Å². The lowest BCUT2D eigenvalue weighted by Gasteiger charge is -2.14. The van der Waals surface area contributed by atoms with E-state index in [1.807, 2.05) is 26.0 Å². The predicted octanol–water partition coefficient (Wildman–Crippen LogP) is 3.77. The van der Waals surface area contributed by atoms with Crippen LogP contribution >= 0.6 is 0 Å². The Morgan fingerprint density at radius 3 is 2.52 bits per heavy atom. The standard InChI is InChI=1S/C18H18N2O4S/c1-12-4-6-15(13(2)10-12)20-25(21,22)18-7-5-14(11-17(18)23-3)16-8-9-19-24-16/h4-11,20H,1-3H3. The molecule has 0 saturated carbocycles. The molecule has 6 nitrogen and oxygen atoms in total. The maximum atomic E-state index is 12.8. The zero-order valence-corrected chi connectivity index (χ0v) is 14.9. The van der Waals surface area contributed by atoms with E-state index in [1.165, 1.54) is 19.4 Å². The number of nitrogens with one attached hydrogen (secondary N) is 1. The molecule has 7 heteroatoms. The summed E-state index contributed by atoms with van der Waals surface area (Å²) in [6.45, 7) is 3.81. The first-order valence-corrected chi connectivity index (χ1v) is 9.08. The van der Waals surface area contributed by atoms with Gasteiger partial charge in [0.2, 0.25) is 0 Å². The van der Waals surface area contributed by atoms with Gasteiger partial charge in [0.15, 0.2) is 5.76 Å². The molecule has 0 fully saturated rings. The van der Waals surface area contributed by atoms with Crippen LogP contribution in [0.4, 0.5) is 5.69 Å². The van der Waals surface area contributed by atoms with Crippen LogP contribution in [-0.4, -0.2) is 20.7 Å². The number of benzene rings is 2. The molecule has 0 amide bonds. The lowest BCUT2D eigenvalue weighted by atomic mass is 10.1. The van der Waals surface area contributed by atoms with Gasteiger partial charge in [-0.15, -0.1) is 0 Å². The summed E-state index contributed by atoms with van der Waals surface area (Å²) in [6.07, 6.45) is 1.52. The Labute approximate surface area is 146 Å². The Balaban J connectivity index is 1.99. The molecule has 1 aromatic heterocycles. The van der Waals surface area contributed by atoms with E-state index < -0.39 is 10.0 Å². The smallest absolute Gasteiger partial charge is 0.265 e. The molecule has 130 valence electrons. The quantitative estimate of drug-likeness (QED) is 0.751. The molecule has 3 aromatic rings. The molecule has 2 aromatic carbocycles. The first-order valence-electron chi connectivity index (χ1n) is 7.60. The summed E-state index contributed by atoms with van der Waals surface area (Å²) in [5, 5.41) is 3.65. The van der Waals surface area contributed by atoms with Gasteiger partial charge in [0.05, 0.1) is 19.0 Å². The number of nitrogens with zero attached hydrogens (tertiary/aromatic N) is 1. The summed E-state index contributed by atoms with van der Waals surface area (Å²) in [7, 11) is -2.37. The molecule has 25 heavy (non-hydrogen) atoms. The van der Waals surface area contributed by atoms with E-state index in [0.717, 1.165) is 11.1 Å². The predicted molar refractivity (Wildman–Crippen MR) is 95.2 cm³/mol. The zero-order valence-electron chi connectivity index (χ0n) is 14.1. The number of hydrogen-bond acceptors (Lipinski definition) is 5. The normalized spacial score (nSPS) is 11.3. The monoisotopic (exact) mass is 358 g/mol. The molecular formula is C18H18N2O4S. The highest BCUT2D eigenvalue weighted by Gasteiger charge is 2.21. The van der Waals surface area contributed by atoms with Crippen LogP contribution in [0.5, 0.6) is 5.75 Å². The first kappa shape index (κ1) is 17.0. The van der Waals surface area contributed by atoms with Gasteiger partial charge in [-0.2, -0.15) is 0 Å². The molecule has 0 saturated heterocycles. The Hall–Kier alpha value is -2.80. The van der Waals surface area contributed by atoms with Crippen molar-refractivity contribution in [3.63, 3.8) is 0 Å². The van der Waals surface area contributed by atoms with Gasteiger partial charge < -0.3 is 9.26 Å². The van der Waals surface area contributed by atoms with Gasteiger partial charge in [-0.25, -0.2) is 8.42 Å². The molecule has 0 spiro atoms. The average Bonchev–Trinajstić information content (AvgIpc) is 3.11. The minimum absolute atomic E-state index is 0.0539. The molecule has 0 bridgehead atoms. The summed E-state index contributed by atoms with van der Waals surface area (Å²) in [6, 6.07) is 12.0. The largest absolute Gasteiger partial charge is 0.495 e. The molecular weight excluding hydrogens is 340 g/mol. The Bertz CT molecular complexity index is 996. The van der Waals surface area contributed by atoms with Crippen molar-refractivity contribution in [1.29, 1.82) is 0 Å². The van der Waals surface area contributed by atoms with Gasteiger partial charge in [-0.05, 0) is 43.7 Å². The van der Waals surface area contributed by atoms with Crippen LogP contribution in [0.25, 0.3) is 11.3 Å². The van der Waals surface area contributed by atoms with E-state index in [0.29, 0.717) is 17.0 Å². The maximum Gasteiger partial charge on any atom is 0.265 e. The van der Waals surface area contributed by atoms with Gasteiger partial charge in [-0.3, -0.25) is 4.72 Å². The molecule has 0 atom stereocenters. The van der Waals surface area contributed by atoms with Crippen molar-refractivity contribution in [2.45, 2.75) is 18.7 Å². The number of rotatable bonds is 5. The summed E-state index contributed by atoms with van der Waals surface area (Å²) < 4.78 is 38.6. The van der Waals surface area contributed by atoms with Gasteiger partial charge in [0, 0.05) is 11.6 Å². The van der Waals surface area contributed by atoms with Crippen molar-refractivity contribution in [1.82, 2.24) is 5.16 Å². The van der Waals surface area contributed by atoms with Crippen LogP contribution in [0.1, 0.15) is 11.1 Å². The van der Waals surface area contributed by atoms with Gasteiger partial charge in [0.25, 0.3) is 10.0 Å². The molecule has 0 aliphatic heterocycles. The third kappa shape index (κ3) is 3.51. The molecule has 0 radical (unpaired) electrons. The highest BCUT2D eigenvalue weighted by Crippen LogP contribution is 2.31. The van der Waals surface area contributed by atoms with Crippen LogP contribution in [0, 0.1) is 13.8 Å². The fourth-order valence-corrected chi connectivity index (χ4v) is 3.82. The Morgan fingerprint density at radius 2 is 1.88 bits per heavy atom. The minimum Gasteiger partial charge on any atom is -0.495 e. The van der Waals surface area contributed by atoms with E-state index >= 15 is 0 Å². The van der Waals surface area contributed by atoms with Crippen molar-refractivity contribution in [3.8, 4) is 17.1 Å². The fourth-order valence-electron chi connectivity index (χ4n) is 2.54. The molecule has 1 heterocycles. The van der Waals surface area contributed by atoms with E-state index in [-0.39, 0.29) is 10.6 Å². The maximum absolute atomic E-state index is 12.8. The van der Waals surface area contributed by atoms with Crippen molar-refractivity contribution in [2.75, 3.05) is 11.8 Å². The zero-order chi connectivity index (χ0) is 18.0. The third-order valence-corrected chi connectivity index (χ3v) is 5.21. The van der Waals surface area contributed by atoms with Crippen molar-refractivity contribution in [2.24, 2.45) is 0 Å². The summed E-state index contributed by atoms with van der Waals surface area (Å²) >= 11 is 0. The second kappa shape index (κ2) is 6.60.